The van der Waals surface area contributed by atoms with Crippen LogP contribution >= 0.6 is 23.5 Å². The van der Waals surface area contributed by atoms with Crippen molar-refractivity contribution in [3.8, 4) is 0 Å². The average molecular weight is 238 g/mol. The lowest BCUT2D eigenvalue weighted by Crippen LogP contribution is -2.15. The van der Waals surface area contributed by atoms with Gasteiger partial charge < -0.3 is 10.1 Å². The van der Waals surface area contributed by atoms with E-state index in [1.165, 1.54) is 11.8 Å². The molecule has 0 spiro atoms. The van der Waals surface area contributed by atoms with E-state index >= 15 is 0 Å². The van der Waals surface area contributed by atoms with E-state index in [-0.39, 0.29) is 0 Å². The van der Waals surface area contributed by atoms with Gasteiger partial charge in [-0.1, -0.05) is 0 Å². The van der Waals surface area contributed by atoms with Crippen LogP contribution in [-0.4, -0.2) is 36.5 Å². The number of rotatable bonds is 8. The average Bonchev–Trinajstić information content (AvgIpc) is 2.15. The third kappa shape index (κ3) is 8.21. The van der Waals surface area contributed by atoms with Crippen molar-refractivity contribution in [1.29, 1.82) is 0 Å². The Kier molecular flexibility index (Phi) is 8.90. The van der Waals surface area contributed by atoms with E-state index in [1.807, 2.05) is 0 Å². The molecule has 1 N–H and O–H groups in total. The van der Waals surface area contributed by atoms with Crippen molar-refractivity contribution in [3.05, 3.63) is 21.3 Å². The van der Waals surface area contributed by atoms with E-state index in [4.69, 9.17) is 4.74 Å². The maximum Gasteiger partial charge on any atom is 0.263 e. The zero-order valence-corrected chi connectivity index (χ0v) is 9.82. The predicted molar refractivity (Wildman–Crippen MR) is 60.9 cm³/mol. The molecule has 0 saturated carbocycles. The summed E-state index contributed by atoms with van der Waals surface area (Å²) in [5.41, 5.74) is 0. The van der Waals surface area contributed by atoms with Gasteiger partial charge in [0.25, 0.3) is 6.20 Å². The SMILES string of the molecule is COCSCCNC(=C[N+](=O)[O-])SC. The molecule has 0 rings (SSSR count). The van der Waals surface area contributed by atoms with Crippen LogP contribution in [0.15, 0.2) is 11.2 Å². The lowest BCUT2D eigenvalue weighted by atomic mass is 10.7. The van der Waals surface area contributed by atoms with E-state index < -0.39 is 4.92 Å². The molecule has 82 valence electrons. The summed E-state index contributed by atoms with van der Waals surface area (Å²) in [5.74, 6) is 1.51. The Morgan fingerprint density at radius 1 is 1.71 bits per heavy atom. The molecule has 0 atom stereocenters. The smallest absolute Gasteiger partial charge is 0.263 e. The molecule has 0 saturated heterocycles. The number of nitro groups is 1. The normalized spacial score (nSPS) is 11.4. The van der Waals surface area contributed by atoms with Gasteiger partial charge in [0.1, 0.15) is 5.03 Å². The van der Waals surface area contributed by atoms with Gasteiger partial charge in [0.15, 0.2) is 0 Å². The molecule has 0 amide bonds. The van der Waals surface area contributed by atoms with Crippen LogP contribution in [0.5, 0.6) is 0 Å². The fraction of sp³-hybridized carbons (Fsp3) is 0.714. The highest BCUT2D eigenvalue weighted by atomic mass is 32.2. The summed E-state index contributed by atoms with van der Waals surface area (Å²) in [4.78, 5) is 9.70. The van der Waals surface area contributed by atoms with Gasteiger partial charge in [-0.25, -0.2) is 0 Å². The van der Waals surface area contributed by atoms with Gasteiger partial charge in [0.2, 0.25) is 0 Å². The first-order valence-electron chi connectivity index (χ1n) is 3.90. The topological polar surface area (TPSA) is 64.4 Å². The van der Waals surface area contributed by atoms with Crippen molar-refractivity contribution in [2.75, 3.05) is 31.6 Å². The molecule has 0 unspecified atom stereocenters. The van der Waals surface area contributed by atoms with Crippen LogP contribution in [-0.2, 0) is 4.74 Å². The summed E-state index contributed by atoms with van der Waals surface area (Å²) in [6.45, 7) is 0.703. The van der Waals surface area contributed by atoms with Crippen molar-refractivity contribution in [2.45, 2.75) is 0 Å². The van der Waals surface area contributed by atoms with Crippen LogP contribution in [0.4, 0.5) is 0 Å². The zero-order valence-electron chi connectivity index (χ0n) is 8.19. The molecule has 0 aliphatic rings. The Balaban J connectivity index is 3.58. The minimum atomic E-state index is -0.457. The second-order valence-corrected chi connectivity index (χ2v) is 4.12. The fourth-order valence-corrected chi connectivity index (χ4v) is 1.62. The molecule has 7 heteroatoms. The summed E-state index contributed by atoms with van der Waals surface area (Å²) >= 11 is 2.96. The molecular formula is C7H14N2O3S2. The molecule has 0 aromatic rings. The number of methoxy groups -OCH3 is 1. The van der Waals surface area contributed by atoms with Gasteiger partial charge >= 0.3 is 0 Å². The largest absolute Gasteiger partial charge is 0.374 e. The predicted octanol–water partition coefficient (Wildman–Crippen LogP) is 1.35. The highest BCUT2D eigenvalue weighted by Gasteiger charge is 1.99. The molecule has 0 aliphatic carbocycles. The van der Waals surface area contributed by atoms with E-state index in [9.17, 15) is 10.1 Å². The van der Waals surface area contributed by atoms with E-state index in [0.717, 1.165) is 12.0 Å². The van der Waals surface area contributed by atoms with Crippen LogP contribution < -0.4 is 5.32 Å². The second-order valence-electron chi connectivity index (χ2n) is 2.22. The van der Waals surface area contributed by atoms with Gasteiger partial charge in [0.05, 0.1) is 10.9 Å². The molecule has 0 radical (unpaired) electrons. The van der Waals surface area contributed by atoms with Crippen LogP contribution in [0, 0.1) is 10.1 Å². The zero-order chi connectivity index (χ0) is 10.8. The van der Waals surface area contributed by atoms with Gasteiger partial charge in [-0.3, -0.25) is 10.1 Å². The molecule has 14 heavy (non-hydrogen) atoms. The van der Waals surface area contributed by atoms with Crippen molar-refractivity contribution >= 4 is 23.5 Å². The number of ether oxygens (including phenoxy) is 1. The van der Waals surface area contributed by atoms with Crippen molar-refractivity contribution in [2.24, 2.45) is 0 Å². The Hall–Kier alpha value is -0.400. The summed E-state index contributed by atoms with van der Waals surface area (Å²) < 4.78 is 4.85. The molecule has 0 fully saturated rings. The first kappa shape index (κ1) is 13.6. The van der Waals surface area contributed by atoms with E-state index in [1.54, 1.807) is 25.1 Å². The van der Waals surface area contributed by atoms with Crippen LogP contribution in [0.1, 0.15) is 0 Å². The maximum atomic E-state index is 10.2. The highest BCUT2D eigenvalue weighted by molar-refractivity contribution is 8.02. The minimum Gasteiger partial charge on any atom is -0.374 e. The molecule has 0 aliphatic heterocycles. The van der Waals surface area contributed by atoms with Crippen LogP contribution in [0.2, 0.25) is 0 Å². The standard InChI is InChI=1S/C7H14N2O3S2/c1-12-6-14-4-3-8-7(13-2)5-9(10)11/h5,8H,3-4,6H2,1-2H3. The van der Waals surface area contributed by atoms with E-state index in [0.29, 0.717) is 17.5 Å². The Labute approximate surface area is 91.8 Å². The maximum absolute atomic E-state index is 10.2. The highest BCUT2D eigenvalue weighted by Crippen LogP contribution is 2.07. The Bertz CT molecular complexity index is 199. The molecule has 0 bridgehead atoms. The first-order chi connectivity index (χ1) is 6.70. The quantitative estimate of drug-likeness (QED) is 0.298. The lowest BCUT2D eigenvalue weighted by Gasteiger charge is -2.05. The lowest BCUT2D eigenvalue weighted by molar-refractivity contribution is -0.403. The van der Waals surface area contributed by atoms with Gasteiger partial charge in [-0.2, -0.15) is 0 Å². The van der Waals surface area contributed by atoms with Crippen molar-refractivity contribution < 1.29 is 9.66 Å². The van der Waals surface area contributed by atoms with Crippen LogP contribution in [0.25, 0.3) is 0 Å². The second kappa shape index (κ2) is 9.17. The molecule has 0 aromatic carbocycles. The molecule has 0 heterocycles. The first-order valence-corrected chi connectivity index (χ1v) is 6.28. The fourth-order valence-electron chi connectivity index (χ4n) is 0.655. The number of nitrogens with one attached hydrogen (secondary N) is 1. The number of nitrogens with zero attached hydrogens (tertiary/aromatic N) is 1. The number of hydrogen-bond donors (Lipinski definition) is 1. The minimum absolute atomic E-state index is 0.457. The molecule has 0 aromatic heterocycles. The Morgan fingerprint density at radius 2 is 2.43 bits per heavy atom. The van der Waals surface area contributed by atoms with Crippen molar-refractivity contribution in [3.63, 3.8) is 0 Å². The number of thioether (sulfide) groups is 2. The monoisotopic (exact) mass is 238 g/mol. The number of hydrogen-bond acceptors (Lipinski definition) is 6. The third-order valence-corrected chi connectivity index (χ3v) is 2.77. The van der Waals surface area contributed by atoms with Gasteiger partial charge in [0, 0.05) is 19.4 Å². The van der Waals surface area contributed by atoms with Gasteiger partial charge in [-0.15, -0.1) is 23.5 Å². The van der Waals surface area contributed by atoms with Crippen LogP contribution in [0.3, 0.4) is 0 Å². The van der Waals surface area contributed by atoms with Crippen molar-refractivity contribution in [1.82, 2.24) is 5.32 Å². The van der Waals surface area contributed by atoms with Gasteiger partial charge in [-0.05, 0) is 6.26 Å². The summed E-state index contributed by atoms with van der Waals surface area (Å²) in [6, 6.07) is 0. The molecule has 5 nitrogen and oxygen atoms in total. The molecular weight excluding hydrogens is 224 g/mol. The Morgan fingerprint density at radius 3 is 2.93 bits per heavy atom. The summed E-state index contributed by atoms with van der Waals surface area (Å²) in [5, 5.41) is 13.7. The summed E-state index contributed by atoms with van der Waals surface area (Å²) in [6.07, 6.45) is 2.77. The van der Waals surface area contributed by atoms with E-state index in [2.05, 4.69) is 5.32 Å². The summed E-state index contributed by atoms with van der Waals surface area (Å²) in [7, 11) is 1.64. The third-order valence-electron chi connectivity index (χ3n) is 1.19.